The van der Waals surface area contributed by atoms with Gasteiger partial charge >= 0.3 is 0 Å². The van der Waals surface area contributed by atoms with Gasteiger partial charge in [-0.1, -0.05) is 43.5 Å². The zero-order valence-corrected chi connectivity index (χ0v) is 10.4. The molecule has 0 amide bonds. The summed E-state index contributed by atoms with van der Waals surface area (Å²) < 4.78 is 0. The number of hydrogen-bond donors (Lipinski definition) is 1. The zero-order valence-electron chi connectivity index (χ0n) is 10.4. The number of nitrogens with zero attached hydrogens (tertiary/aromatic N) is 1. The first-order chi connectivity index (χ1) is 8.13. The number of rotatable bonds is 2. The lowest BCUT2D eigenvalue weighted by Gasteiger charge is -2.23. The number of nitrogens with two attached hydrogens (primary N) is 1. The molecule has 0 bridgehead atoms. The highest BCUT2D eigenvalue weighted by molar-refractivity contribution is 5.33. The van der Waals surface area contributed by atoms with Crippen molar-refractivity contribution in [2.24, 2.45) is 5.73 Å². The second-order valence-electron chi connectivity index (χ2n) is 5.27. The lowest BCUT2D eigenvalue weighted by atomic mass is 9.83. The molecule has 0 heterocycles. The molecule has 1 aliphatic carbocycles. The van der Waals surface area contributed by atoms with Gasteiger partial charge in [0.15, 0.2) is 0 Å². The van der Waals surface area contributed by atoms with Crippen LogP contribution >= 0.6 is 0 Å². The fraction of sp³-hybridized carbons (Fsp3) is 0.533. The molecule has 1 aromatic carbocycles. The summed E-state index contributed by atoms with van der Waals surface area (Å²) in [4.78, 5) is 0. The Labute approximate surface area is 103 Å². The van der Waals surface area contributed by atoms with E-state index in [0.717, 1.165) is 5.56 Å². The van der Waals surface area contributed by atoms with Crippen molar-refractivity contribution in [2.75, 3.05) is 0 Å². The fourth-order valence-electron chi connectivity index (χ4n) is 2.60. The van der Waals surface area contributed by atoms with Gasteiger partial charge in [-0.05, 0) is 36.8 Å². The quantitative estimate of drug-likeness (QED) is 0.843. The summed E-state index contributed by atoms with van der Waals surface area (Å²) in [6, 6.07) is 10.4. The van der Waals surface area contributed by atoms with Crippen LogP contribution in [0.5, 0.6) is 0 Å². The van der Waals surface area contributed by atoms with Crippen LogP contribution < -0.4 is 5.73 Å². The predicted molar refractivity (Wildman–Crippen MR) is 69.4 cm³/mol. The summed E-state index contributed by atoms with van der Waals surface area (Å²) >= 11 is 0. The van der Waals surface area contributed by atoms with Crippen molar-refractivity contribution in [3.8, 4) is 6.07 Å². The molecule has 1 aliphatic rings. The molecule has 1 atom stereocenters. The summed E-state index contributed by atoms with van der Waals surface area (Å²) in [6.45, 7) is 1.75. The Morgan fingerprint density at radius 2 is 1.76 bits per heavy atom. The van der Waals surface area contributed by atoms with Crippen molar-refractivity contribution in [3.05, 3.63) is 35.4 Å². The third-order valence-electron chi connectivity index (χ3n) is 3.82. The van der Waals surface area contributed by atoms with Gasteiger partial charge in [-0.2, -0.15) is 5.26 Å². The highest BCUT2D eigenvalue weighted by Crippen LogP contribution is 2.33. The van der Waals surface area contributed by atoms with Crippen LogP contribution in [0.4, 0.5) is 0 Å². The second-order valence-corrected chi connectivity index (χ2v) is 5.27. The van der Waals surface area contributed by atoms with E-state index in [4.69, 9.17) is 11.0 Å². The third-order valence-corrected chi connectivity index (χ3v) is 3.82. The van der Waals surface area contributed by atoms with Gasteiger partial charge in [0.1, 0.15) is 5.54 Å². The molecule has 0 spiro atoms. The van der Waals surface area contributed by atoms with Crippen LogP contribution in [0.15, 0.2) is 24.3 Å². The fourth-order valence-corrected chi connectivity index (χ4v) is 2.60. The molecule has 2 heteroatoms. The van der Waals surface area contributed by atoms with Crippen molar-refractivity contribution < 1.29 is 0 Å². The third kappa shape index (κ3) is 2.68. The minimum absolute atomic E-state index is 0.712. The molecule has 0 radical (unpaired) electrons. The lowest BCUT2D eigenvalue weighted by molar-refractivity contribution is 0.443. The molecule has 0 aliphatic heterocycles. The van der Waals surface area contributed by atoms with Crippen molar-refractivity contribution >= 4 is 0 Å². The first-order valence-electron chi connectivity index (χ1n) is 6.44. The summed E-state index contributed by atoms with van der Waals surface area (Å²) in [5, 5.41) is 8.99. The van der Waals surface area contributed by atoms with E-state index in [9.17, 15) is 0 Å². The van der Waals surface area contributed by atoms with Crippen molar-refractivity contribution in [1.29, 1.82) is 5.26 Å². The normalized spacial score (nSPS) is 20.5. The molecule has 2 nitrogen and oxygen atoms in total. The van der Waals surface area contributed by atoms with Gasteiger partial charge in [0.2, 0.25) is 0 Å². The van der Waals surface area contributed by atoms with Crippen molar-refractivity contribution in [2.45, 2.75) is 50.5 Å². The molecule has 1 fully saturated rings. The van der Waals surface area contributed by atoms with Gasteiger partial charge in [0.25, 0.3) is 0 Å². The van der Waals surface area contributed by atoms with Crippen molar-refractivity contribution in [3.63, 3.8) is 0 Å². The van der Waals surface area contributed by atoms with E-state index in [1.165, 1.54) is 37.7 Å². The molecule has 0 saturated heterocycles. The Balaban J connectivity index is 2.15. The van der Waals surface area contributed by atoms with Crippen LogP contribution in [0, 0.1) is 11.3 Å². The van der Waals surface area contributed by atoms with Crippen LogP contribution in [-0.4, -0.2) is 0 Å². The Morgan fingerprint density at radius 1 is 1.18 bits per heavy atom. The first-order valence-corrected chi connectivity index (χ1v) is 6.44. The largest absolute Gasteiger partial charge is 0.310 e. The van der Waals surface area contributed by atoms with E-state index < -0.39 is 5.54 Å². The number of benzene rings is 1. The topological polar surface area (TPSA) is 49.8 Å². The van der Waals surface area contributed by atoms with Gasteiger partial charge < -0.3 is 5.73 Å². The molecule has 17 heavy (non-hydrogen) atoms. The van der Waals surface area contributed by atoms with Crippen LogP contribution in [0.3, 0.4) is 0 Å². The average Bonchev–Trinajstić information content (AvgIpc) is 2.40. The van der Waals surface area contributed by atoms with E-state index in [0.29, 0.717) is 5.92 Å². The molecule has 1 saturated carbocycles. The van der Waals surface area contributed by atoms with Crippen LogP contribution in [-0.2, 0) is 5.54 Å². The Hall–Kier alpha value is -1.33. The Bertz CT molecular complexity index is 406. The van der Waals surface area contributed by atoms with Gasteiger partial charge in [-0.25, -0.2) is 0 Å². The van der Waals surface area contributed by atoms with Crippen molar-refractivity contribution in [1.82, 2.24) is 0 Å². The number of nitriles is 1. The highest BCUT2D eigenvalue weighted by atomic mass is 14.7. The van der Waals surface area contributed by atoms with Gasteiger partial charge in [-0.15, -0.1) is 0 Å². The van der Waals surface area contributed by atoms with Gasteiger partial charge in [0.05, 0.1) is 6.07 Å². The monoisotopic (exact) mass is 228 g/mol. The molecule has 2 rings (SSSR count). The molecule has 90 valence electrons. The summed E-state index contributed by atoms with van der Waals surface area (Å²) in [7, 11) is 0. The maximum absolute atomic E-state index is 8.99. The minimum atomic E-state index is -0.870. The van der Waals surface area contributed by atoms with Gasteiger partial charge in [0, 0.05) is 0 Å². The second kappa shape index (κ2) is 4.89. The Morgan fingerprint density at radius 3 is 2.29 bits per heavy atom. The lowest BCUT2D eigenvalue weighted by Crippen LogP contribution is -2.30. The van der Waals surface area contributed by atoms with E-state index in [1.807, 2.05) is 12.1 Å². The molecular weight excluding hydrogens is 208 g/mol. The van der Waals surface area contributed by atoms with Crippen LogP contribution in [0.25, 0.3) is 0 Å². The first kappa shape index (κ1) is 12.1. The standard InChI is InChI=1S/C15H20N2/c1-15(17,11-16)14-9-7-13(8-10-14)12-5-3-2-4-6-12/h7-10,12H,2-6,17H2,1H3. The van der Waals surface area contributed by atoms with Gasteiger partial charge in [-0.3, -0.25) is 0 Å². The Kier molecular flexibility index (Phi) is 3.49. The maximum atomic E-state index is 8.99. The number of hydrogen-bond acceptors (Lipinski definition) is 2. The summed E-state index contributed by atoms with van der Waals surface area (Å²) in [5.41, 5.74) is 7.34. The SMILES string of the molecule is CC(N)(C#N)c1ccc(C2CCCCC2)cc1. The predicted octanol–water partition coefficient (Wildman–Crippen LogP) is 3.43. The van der Waals surface area contributed by atoms with Crippen LogP contribution in [0.2, 0.25) is 0 Å². The molecule has 1 unspecified atom stereocenters. The molecule has 0 aromatic heterocycles. The van der Waals surface area contributed by atoms with E-state index in [-0.39, 0.29) is 0 Å². The van der Waals surface area contributed by atoms with E-state index >= 15 is 0 Å². The molecular formula is C15H20N2. The van der Waals surface area contributed by atoms with Crippen LogP contribution in [0.1, 0.15) is 56.1 Å². The zero-order chi connectivity index (χ0) is 12.3. The average molecular weight is 228 g/mol. The summed E-state index contributed by atoms with van der Waals surface area (Å²) in [5.74, 6) is 0.712. The smallest absolute Gasteiger partial charge is 0.126 e. The maximum Gasteiger partial charge on any atom is 0.126 e. The van der Waals surface area contributed by atoms with E-state index in [1.54, 1.807) is 6.92 Å². The molecule has 1 aromatic rings. The van der Waals surface area contributed by atoms with E-state index in [2.05, 4.69) is 18.2 Å². The highest BCUT2D eigenvalue weighted by Gasteiger charge is 2.21. The molecule has 2 N–H and O–H groups in total. The summed E-state index contributed by atoms with van der Waals surface area (Å²) in [6.07, 6.45) is 6.68. The minimum Gasteiger partial charge on any atom is -0.310 e.